The van der Waals surface area contributed by atoms with Crippen LogP contribution in [0.5, 0.6) is 0 Å². The van der Waals surface area contributed by atoms with Crippen LogP contribution in [0.25, 0.3) is 0 Å². The molecule has 0 aromatic carbocycles. The molecule has 1 saturated heterocycles. The van der Waals surface area contributed by atoms with E-state index in [9.17, 15) is 12.8 Å². The van der Waals surface area contributed by atoms with E-state index in [1.54, 1.807) is 0 Å². The summed E-state index contributed by atoms with van der Waals surface area (Å²) in [7, 11) is -3.11. The van der Waals surface area contributed by atoms with Crippen molar-refractivity contribution in [2.24, 2.45) is 5.92 Å². The number of hydrogen-bond acceptors (Lipinski definition) is 3. The smallest absolute Gasteiger partial charge is 0.153 e. The minimum absolute atomic E-state index is 0.143. The second-order valence-corrected chi connectivity index (χ2v) is 5.06. The van der Waals surface area contributed by atoms with E-state index in [4.69, 9.17) is 0 Å². The molecule has 1 heterocycles. The van der Waals surface area contributed by atoms with Crippen LogP contribution in [0.3, 0.4) is 0 Å². The largest absolute Gasteiger partial charge is 0.316 e. The Morgan fingerprint density at radius 3 is 2.45 bits per heavy atom. The molecule has 0 bridgehead atoms. The van der Waals surface area contributed by atoms with Crippen molar-refractivity contribution in [3.05, 3.63) is 0 Å². The topological polar surface area (TPSA) is 46.2 Å². The van der Waals surface area contributed by atoms with Gasteiger partial charge in [0.05, 0.1) is 11.5 Å². The molecule has 0 aromatic heterocycles. The Morgan fingerprint density at radius 2 is 2.09 bits per heavy atom. The van der Waals surface area contributed by atoms with Gasteiger partial charge in [-0.15, -0.1) is 0 Å². The van der Waals surface area contributed by atoms with Crippen LogP contribution in [0, 0.1) is 5.92 Å². The van der Waals surface area contributed by atoms with Crippen molar-refractivity contribution in [2.75, 3.05) is 31.3 Å². The fraction of sp³-hybridized carbons (Fsp3) is 1.00. The van der Waals surface area contributed by atoms with Crippen molar-refractivity contribution < 1.29 is 12.8 Å². The highest BCUT2D eigenvalue weighted by Gasteiger charge is 2.23. The maximum atomic E-state index is 11.7. The Kier molecular flexibility index (Phi) is 2.84. The zero-order chi connectivity index (χ0) is 8.32. The second kappa shape index (κ2) is 3.49. The van der Waals surface area contributed by atoms with Crippen LogP contribution in [0.1, 0.15) is 0 Å². The van der Waals surface area contributed by atoms with Crippen molar-refractivity contribution in [3.8, 4) is 0 Å². The van der Waals surface area contributed by atoms with Crippen LogP contribution in [-0.2, 0) is 9.84 Å². The summed E-state index contributed by atoms with van der Waals surface area (Å²) in [5, 5.41) is 2.97. The summed E-state index contributed by atoms with van der Waals surface area (Å²) in [6, 6.07) is 0. The number of hydrogen-bond donors (Lipinski definition) is 1. The molecule has 1 rings (SSSR count). The maximum absolute atomic E-state index is 11.7. The Morgan fingerprint density at radius 1 is 1.45 bits per heavy atom. The fourth-order valence-electron chi connectivity index (χ4n) is 1.03. The van der Waals surface area contributed by atoms with Crippen LogP contribution < -0.4 is 5.32 Å². The average Bonchev–Trinajstić information content (AvgIpc) is 1.79. The van der Waals surface area contributed by atoms with Gasteiger partial charge in [0.25, 0.3) is 0 Å². The van der Waals surface area contributed by atoms with Gasteiger partial charge in [0.2, 0.25) is 0 Å². The molecule has 1 aliphatic rings. The van der Waals surface area contributed by atoms with E-state index >= 15 is 0 Å². The van der Waals surface area contributed by atoms with Gasteiger partial charge >= 0.3 is 0 Å². The Labute approximate surface area is 65.9 Å². The van der Waals surface area contributed by atoms with Gasteiger partial charge in [0.1, 0.15) is 6.67 Å². The van der Waals surface area contributed by atoms with Crippen molar-refractivity contribution in [3.63, 3.8) is 0 Å². The van der Waals surface area contributed by atoms with Crippen LogP contribution in [-0.4, -0.2) is 39.7 Å². The van der Waals surface area contributed by atoms with Crippen molar-refractivity contribution in [1.29, 1.82) is 0 Å². The summed E-state index contributed by atoms with van der Waals surface area (Å²) in [6.45, 7) is 0.750. The summed E-state index contributed by atoms with van der Waals surface area (Å²) in [6.07, 6.45) is 0. The summed E-state index contributed by atoms with van der Waals surface area (Å²) in [5.41, 5.74) is 0. The number of rotatable bonds is 4. The highest BCUT2D eigenvalue weighted by molar-refractivity contribution is 7.91. The molecule has 3 nitrogen and oxygen atoms in total. The van der Waals surface area contributed by atoms with E-state index in [1.807, 2.05) is 0 Å². The lowest BCUT2D eigenvalue weighted by atomic mass is 10.1. The van der Waals surface area contributed by atoms with Crippen molar-refractivity contribution in [1.82, 2.24) is 5.32 Å². The SMILES string of the molecule is O=S(=O)(CCF)CC1CNC1. The molecule has 66 valence electrons. The summed E-state index contributed by atoms with van der Waals surface area (Å²) in [4.78, 5) is 0. The molecular weight excluding hydrogens is 169 g/mol. The Balaban J connectivity index is 2.33. The first-order chi connectivity index (χ1) is 5.14. The summed E-state index contributed by atoms with van der Waals surface area (Å²) in [5.74, 6) is 0.0412. The first-order valence-corrected chi connectivity index (χ1v) is 5.43. The van der Waals surface area contributed by atoms with E-state index < -0.39 is 16.5 Å². The van der Waals surface area contributed by atoms with Crippen molar-refractivity contribution in [2.45, 2.75) is 0 Å². The van der Waals surface area contributed by atoms with E-state index in [2.05, 4.69) is 5.32 Å². The standard InChI is InChI=1S/C6H12FNO2S/c7-1-2-11(9,10)5-6-3-8-4-6/h6,8H,1-5H2. The molecule has 0 saturated carbocycles. The predicted molar refractivity (Wildman–Crippen MR) is 41.0 cm³/mol. The van der Waals surface area contributed by atoms with Gasteiger partial charge in [-0.3, -0.25) is 0 Å². The lowest BCUT2D eigenvalue weighted by Crippen LogP contribution is -2.45. The van der Waals surface area contributed by atoms with Gasteiger partial charge < -0.3 is 5.32 Å². The second-order valence-electron chi connectivity index (χ2n) is 2.83. The molecule has 1 aliphatic heterocycles. The molecule has 0 aromatic rings. The first-order valence-electron chi connectivity index (χ1n) is 3.61. The number of sulfone groups is 1. The molecule has 0 amide bonds. The van der Waals surface area contributed by atoms with Crippen LogP contribution in [0.2, 0.25) is 0 Å². The lowest BCUT2D eigenvalue weighted by molar-refractivity contribution is 0.378. The summed E-state index contributed by atoms with van der Waals surface area (Å²) < 4.78 is 33.6. The van der Waals surface area contributed by atoms with Gasteiger partial charge in [0.15, 0.2) is 9.84 Å². The van der Waals surface area contributed by atoms with Crippen LogP contribution in [0.4, 0.5) is 4.39 Å². The third-order valence-electron chi connectivity index (χ3n) is 1.74. The fourth-order valence-corrected chi connectivity index (χ4v) is 2.38. The molecule has 0 radical (unpaired) electrons. The molecule has 1 fully saturated rings. The molecular formula is C6H12FNO2S. The molecule has 1 N–H and O–H groups in total. The van der Waals surface area contributed by atoms with Crippen LogP contribution in [0.15, 0.2) is 0 Å². The predicted octanol–water partition coefficient (Wildman–Crippen LogP) is -0.410. The van der Waals surface area contributed by atoms with Gasteiger partial charge in [0, 0.05) is 13.1 Å². The normalized spacial score (nSPS) is 19.7. The highest BCUT2D eigenvalue weighted by Crippen LogP contribution is 2.07. The maximum Gasteiger partial charge on any atom is 0.153 e. The monoisotopic (exact) mass is 181 g/mol. The van der Waals surface area contributed by atoms with Gasteiger partial charge in [-0.05, 0) is 5.92 Å². The minimum atomic E-state index is -3.11. The molecule has 11 heavy (non-hydrogen) atoms. The van der Waals surface area contributed by atoms with E-state index in [0.717, 1.165) is 13.1 Å². The van der Waals surface area contributed by atoms with Gasteiger partial charge in [-0.25, -0.2) is 12.8 Å². The molecule has 0 atom stereocenters. The van der Waals surface area contributed by atoms with Crippen molar-refractivity contribution >= 4 is 9.84 Å². The summed E-state index contributed by atoms with van der Waals surface area (Å²) >= 11 is 0. The van der Waals surface area contributed by atoms with Gasteiger partial charge in [-0.1, -0.05) is 0 Å². The van der Waals surface area contributed by atoms with E-state index in [0.29, 0.717) is 0 Å². The van der Waals surface area contributed by atoms with E-state index in [-0.39, 0.29) is 17.4 Å². The first kappa shape index (κ1) is 8.93. The quantitative estimate of drug-likeness (QED) is 0.641. The third-order valence-corrected chi connectivity index (χ3v) is 3.50. The van der Waals surface area contributed by atoms with Gasteiger partial charge in [-0.2, -0.15) is 0 Å². The average molecular weight is 181 g/mol. The number of halogens is 1. The molecule has 0 spiro atoms. The highest BCUT2D eigenvalue weighted by atomic mass is 32.2. The lowest BCUT2D eigenvalue weighted by Gasteiger charge is -2.26. The molecule has 0 unspecified atom stereocenters. The zero-order valence-electron chi connectivity index (χ0n) is 6.22. The zero-order valence-corrected chi connectivity index (χ0v) is 7.03. The molecule has 5 heteroatoms. The Bertz CT molecular complexity index is 211. The Hall–Kier alpha value is -0.160. The third kappa shape index (κ3) is 2.75. The number of nitrogens with one attached hydrogen (secondary N) is 1. The van der Waals surface area contributed by atoms with E-state index in [1.165, 1.54) is 0 Å². The minimum Gasteiger partial charge on any atom is -0.316 e. The molecule has 0 aliphatic carbocycles. The van der Waals surface area contributed by atoms with Crippen LogP contribution >= 0.6 is 0 Å². The number of alkyl halides is 1.